The predicted octanol–water partition coefficient (Wildman–Crippen LogP) is 5.80. The fourth-order valence-electron chi connectivity index (χ4n) is 2.56. The smallest absolute Gasteiger partial charge is 0.306 e. The van der Waals surface area contributed by atoms with Gasteiger partial charge in [-0.2, -0.15) is 0 Å². The van der Waals surface area contributed by atoms with Gasteiger partial charge in [-0.1, -0.05) is 84.5 Å². The fourth-order valence-corrected chi connectivity index (χ4v) is 2.56. The predicted molar refractivity (Wildman–Crippen MR) is 82.5 cm³/mol. The zero-order chi connectivity index (χ0) is 14.3. The third kappa shape index (κ3) is 12.3. The Labute approximate surface area is 120 Å². The summed E-state index contributed by atoms with van der Waals surface area (Å²) in [5.41, 5.74) is 0. The lowest BCUT2D eigenvalue weighted by Gasteiger charge is -2.08. The number of rotatable bonds is 14. The van der Waals surface area contributed by atoms with Crippen molar-refractivity contribution < 1.29 is 9.90 Å². The quantitative estimate of drug-likeness (QED) is 0.405. The molecule has 0 aliphatic carbocycles. The van der Waals surface area contributed by atoms with Gasteiger partial charge in [-0.25, -0.2) is 0 Å². The fraction of sp³-hybridized carbons (Fsp3) is 0.941. The van der Waals surface area contributed by atoms with Gasteiger partial charge >= 0.3 is 5.97 Å². The molecular weight excluding hydrogens is 236 g/mol. The van der Waals surface area contributed by atoms with Crippen LogP contribution in [0.1, 0.15) is 97.3 Å². The van der Waals surface area contributed by atoms with Crippen molar-refractivity contribution in [1.82, 2.24) is 0 Å². The molecule has 0 bridgehead atoms. The Morgan fingerprint density at radius 1 is 0.789 bits per heavy atom. The molecule has 0 saturated heterocycles. The van der Waals surface area contributed by atoms with E-state index in [4.69, 9.17) is 5.11 Å². The van der Waals surface area contributed by atoms with Crippen LogP contribution in [0.25, 0.3) is 0 Å². The lowest BCUT2D eigenvalue weighted by atomic mass is 9.98. The maximum Gasteiger partial charge on any atom is 0.306 e. The number of hydrogen-bond acceptors (Lipinski definition) is 1. The second-order valence-corrected chi connectivity index (χ2v) is 5.77. The van der Waals surface area contributed by atoms with Crippen molar-refractivity contribution in [3.8, 4) is 0 Å². The third-order valence-corrected chi connectivity index (χ3v) is 4.00. The Kier molecular flexibility index (Phi) is 13.5. The molecule has 0 aromatic carbocycles. The number of unbranched alkanes of at least 4 members (excludes halogenated alkanes) is 10. The molecule has 0 aromatic heterocycles. The number of hydrogen-bond donors (Lipinski definition) is 1. The first-order valence-electron chi connectivity index (χ1n) is 8.45. The zero-order valence-corrected chi connectivity index (χ0v) is 13.1. The largest absolute Gasteiger partial charge is 0.481 e. The summed E-state index contributed by atoms with van der Waals surface area (Å²) in [4.78, 5) is 10.8. The van der Waals surface area contributed by atoms with E-state index >= 15 is 0 Å². The van der Waals surface area contributed by atoms with Gasteiger partial charge in [0, 0.05) is 0 Å². The molecule has 2 nitrogen and oxygen atoms in total. The van der Waals surface area contributed by atoms with E-state index in [1.807, 2.05) is 6.92 Å². The van der Waals surface area contributed by atoms with Crippen molar-refractivity contribution >= 4 is 5.97 Å². The number of carboxylic acids is 1. The molecule has 1 atom stereocenters. The van der Waals surface area contributed by atoms with Crippen molar-refractivity contribution in [2.24, 2.45) is 5.92 Å². The topological polar surface area (TPSA) is 37.3 Å². The molecule has 0 aromatic rings. The van der Waals surface area contributed by atoms with Crippen LogP contribution in [0.4, 0.5) is 0 Å². The van der Waals surface area contributed by atoms with Crippen LogP contribution in [0.3, 0.4) is 0 Å². The van der Waals surface area contributed by atoms with Gasteiger partial charge in [-0.3, -0.25) is 4.79 Å². The lowest BCUT2D eigenvalue weighted by Crippen LogP contribution is -2.12. The van der Waals surface area contributed by atoms with Crippen molar-refractivity contribution in [2.45, 2.75) is 97.3 Å². The van der Waals surface area contributed by atoms with E-state index in [9.17, 15) is 4.79 Å². The van der Waals surface area contributed by atoms with E-state index in [2.05, 4.69) is 6.92 Å². The summed E-state index contributed by atoms with van der Waals surface area (Å²) in [5.74, 6) is -0.729. The summed E-state index contributed by atoms with van der Waals surface area (Å²) in [5, 5.41) is 8.93. The molecule has 2 heteroatoms. The monoisotopic (exact) mass is 270 g/mol. The summed E-state index contributed by atoms with van der Waals surface area (Å²) < 4.78 is 0. The molecule has 0 unspecified atom stereocenters. The van der Waals surface area contributed by atoms with Crippen LogP contribution in [0.2, 0.25) is 0 Å². The van der Waals surface area contributed by atoms with Crippen molar-refractivity contribution in [3.63, 3.8) is 0 Å². The summed E-state index contributed by atoms with van der Waals surface area (Å²) in [6.45, 7) is 4.23. The molecule has 0 fully saturated rings. The SMILES string of the molecule is CCCCCCCCCCCCC[C@@H](CC)C(=O)O. The molecule has 0 aliphatic heterocycles. The molecule has 0 amide bonds. The highest BCUT2D eigenvalue weighted by molar-refractivity contribution is 5.69. The third-order valence-electron chi connectivity index (χ3n) is 4.00. The van der Waals surface area contributed by atoms with Crippen molar-refractivity contribution in [1.29, 1.82) is 0 Å². The first kappa shape index (κ1) is 18.5. The molecule has 114 valence electrons. The maximum absolute atomic E-state index is 10.8. The number of carboxylic acid groups (broad SMARTS) is 1. The minimum Gasteiger partial charge on any atom is -0.481 e. The summed E-state index contributed by atoms with van der Waals surface area (Å²) >= 11 is 0. The average molecular weight is 270 g/mol. The van der Waals surface area contributed by atoms with Crippen molar-refractivity contribution in [3.05, 3.63) is 0 Å². The van der Waals surface area contributed by atoms with Crippen LogP contribution in [-0.2, 0) is 4.79 Å². The molecule has 1 N–H and O–H groups in total. The highest BCUT2D eigenvalue weighted by Crippen LogP contribution is 2.16. The molecule has 0 rings (SSSR count). The van der Waals surface area contributed by atoms with Crippen LogP contribution in [0, 0.1) is 5.92 Å². The Hall–Kier alpha value is -0.530. The highest BCUT2D eigenvalue weighted by Gasteiger charge is 2.13. The number of carbonyl (C=O) groups is 1. The second-order valence-electron chi connectivity index (χ2n) is 5.77. The molecule has 0 radical (unpaired) electrons. The Morgan fingerprint density at radius 2 is 1.21 bits per heavy atom. The van der Waals surface area contributed by atoms with E-state index in [1.54, 1.807) is 0 Å². The molecule has 0 spiro atoms. The molecule has 0 aliphatic rings. The summed E-state index contributed by atoms with van der Waals surface area (Å²) in [7, 11) is 0. The van der Waals surface area contributed by atoms with Gasteiger partial charge in [-0.05, 0) is 12.8 Å². The standard InChI is InChI=1S/C17H34O2/c1-3-5-6-7-8-9-10-11-12-13-14-15-16(4-2)17(18)19/h16H,3-15H2,1-2H3,(H,18,19)/t16-/m1/s1. The van der Waals surface area contributed by atoms with E-state index in [-0.39, 0.29) is 5.92 Å². The van der Waals surface area contributed by atoms with Gasteiger partial charge < -0.3 is 5.11 Å². The van der Waals surface area contributed by atoms with E-state index in [0.29, 0.717) is 0 Å². The van der Waals surface area contributed by atoms with Crippen LogP contribution < -0.4 is 0 Å². The minimum atomic E-state index is -0.616. The van der Waals surface area contributed by atoms with Crippen molar-refractivity contribution in [2.75, 3.05) is 0 Å². The van der Waals surface area contributed by atoms with E-state index < -0.39 is 5.97 Å². The Balaban J connectivity index is 3.16. The molecule has 0 heterocycles. The van der Waals surface area contributed by atoms with E-state index in [0.717, 1.165) is 19.3 Å². The lowest BCUT2D eigenvalue weighted by molar-refractivity contribution is -0.142. The van der Waals surface area contributed by atoms with Gasteiger partial charge in [0.2, 0.25) is 0 Å². The summed E-state index contributed by atoms with van der Waals surface area (Å²) in [6.07, 6.45) is 16.2. The maximum atomic E-state index is 10.8. The van der Waals surface area contributed by atoms with Crippen LogP contribution in [0.5, 0.6) is 0 Å². The van der Waals surface area contributed by atoms with Gasteiger partial charge in [0.25, 0.3) is 0 Å². The van der Waals surface area contributed by atoms with Gasteiger partial charge in [-0.15, -0.1) is 0 Å². The Morgan fingerprint density at radius 3 is 1.58 bits per heavy atom. The van der Waals surface area contributed by atoms with Gasteiger partial charge in [0.05, 0.1) is 5.92 Å². The normalized spacial score (nSPS) is 12.5. The molecule has 19 heavy (non-hydrogen) atoms. The highest BCUT2D eigenvalue weighted by atomic mass is 16.4. The second kappa shape index (κ2) is 13.9. The van der Waals surface area contributed by atoms with Gasteiger partial charge in [0.15, 0.2) is 0 Å². The average Bonchev–Trinajstić information content (AvgIpc) is 2.40. The first-order valence-corrected chi connectivity index (χ1v) is 8.45. The number of aliphatic carboxylic acids is 1. The summed E-state index contributed by atoms with van der Waals surface area (Å²) in [6, 6.07) is 0. The van der Waals surface area contributed by atoms with Crippen LogP contribution in [0.15, 0.2) is 0 Å². The first-order chi connectivity index (χ1) is 9.22. The van der Waals surface area contributed by atoms with Crippen LogP contribution >= 0.6 is 0 Å². The Bertz CT molecular complexity index is 201. The van der Waals surface area contributed by atoms with Crippen LogP contribution in [-0.4, -0.2) is 11.1 Å². The van der Waals surface area contributed by atoms with E-state index in [1.165, 1.54) is 64.2 Å². The van der Waals surface area contributed by atoms with Gasteiger partial charge in [0.1, 0.15) is 0 Å². The molecular formula is C17H34O2. The zero-order valence-electron chi connectivity index (χ0n) is 13.1. The molecule has 0 saturated carbocycles. The minimum absolute atomic E-state index is 0.112.